The van der Waals surface area contributed by atoms with Gasteiger partial charge in [-0.3, -0.25) is 9.59 Å². The van der Waals surface area contributed by atoms with Crippen LogP contribution in [0, 0.1) is 18.8 Å². The van der Waals surface area contributed by atoms with Gasteiger partial charge in [0.2, 0.25) is 17.7 Å². The monoisotopic (exact) mass is 376 g/mol. The molecule has 4 rings (SSSR count). The number of likely N-dealkylation sites (tertiary alicyclic amines) is 1. The van der Waals surface area contributed by atoms with Crippen molar-refractivity contribution in [3.05, 3.63) is 23.9 Å². The van der Waals surface area contributed by atoms with E-state index < -0.39 is 17.4 Å². The number of hydrogen-bond donors (Lipinski definition) is 0. The molecule has 0 aromatic carbocycles. The van der Waals surface area contributed by atoms with Gasteiger partial charge in [-0.15, -0.1) is 0 Å². The first-order chi connectivity index (χ1) is 12.9. The molecule has 4 atom stereocenters. The van der Waals surface area contributed by atoms with Crippen molar-refractivity contribution < 1.29 is 23.6 Å². The quantitative estimate of drug-likeness (QED) is 0.608. The molecular weight excluding hydrogens is 352 g/mol. The molecule has 3 aliphatic heterocycles. The molecule has 2 saturated heterocycles. The highest BCUT2D eigenvalue weighted by Crippen LogP contribution is 2.52. The number of rotatable bonds is 7. The Bertz CT molecular complexity index is 778. The molecule has 1 spiro atoms. The van der Waals surface area contributed by atoms with Gasteiger partial charge in [0.25, 0.3) is 0 Å². The van der Waals surface area contributed by atoms with Crippen LogP contribution >= 0.6 is 0 Å². The van der Waals surface area contributed by atoms with Gasteiger partial charge in [0, 0.05) is 40.6 Å². The number of methoxy groups -OCH3 is 1. The lowest BCUT2D eigenvalue weighted by Gasteiger charge is -2.27. The average Bonchev–Trinajstić information content (AvgIpc) is 3.39. The van der Waals surface area contributed by atoms with Crippen LogP contribution in [0.3, 0.4) is 0 Å². The molecule has 0 aliphatic carbocycles. The van der Waals surface area contributed by atoms with Crippen LogP contribution in [0.15, 0.2) is 16.7 Å². The van der Waals surface area contributed by atoms with E-state index in [9.17, 15) is 9.59 Å². The van der Waals surface area contributed by atoms with Crippen molar-refractivity contribution in [2.45, 2.75) is 25.0 Å². The number of carbonyl (C=O) groups is 2. The third kappa shape index (κ3) is 2.94. The third-order valence-electron chi connectivity index (χ3n) is 5.65. The van der Waals surface area contributed by atoms with Crippen LogP contribution in [0.25, 0.3) is 0 Å². The van der Waals surface area contributed by atoms with E-state index in [0.717, 1.165) is 0 Å². The van der Waals surface area contributed by atoms with Gasteiger partial charge in [-0.2, -0.15) is 4.98 Å². The molecule has 3 aliphatic rings. The molecule has 0 saturated carbocycles. The van der Waals surface area contributed by atoms with E-state index in [1.807, 2.05) is 12.2 Å². The number of aryl methyl sites for hydroxylation is 1. The van der Waals surface area contributed by atoms with E-state index in [1.54, 1.807) is 30.9 Å². The van der Waals surface area contributed by atoms with Gasteiger partial charge < -0.3 is 23.8 Å². The average molecular weight is 376 g/mol. The third-order valence-corrected chi connectivity index (χ3v) is 5.65. The second-order valence-corrected chi connectivity index (χ2v) is 7.39. The maximum atomic E-state index is 13.1. The Kier molecular flexibility index (Phi) is 4.51. The summed E-state index contributed by atoms with van der Waals surface area (Å²) in [6.45, 7) is 3.62. The van der Waals surface area contributed by atoms with Gasteiger partial charge in [0.1, 0.15) is 5.60 Å². The Morgan fingerprint density at radius 1 is 1.52 bits per heavy atom. The predicted octanol–water partition coefficient (Wildman–Crippen LogP) is -0.193. The van der Waals surface area contributed by atoms with E-state index in [0.29, 0.717) is 44.4 Å². The van der Waals surface area contributed by atoms with Gasteiger partial charge in [-0.05, 0) is 0 Å². The summed E-state index contributed by atoms with van der Waals surface area (Å²) < 4.78 is 16.2. The molecule has 2 amide bonds. The zero-order valence-corrected chi connectivity index (χ0v) is 15.8. The Labute approximate surface area is 157 Å². The molecule has 146 valence electrons. The Hall–Kier alpha value is -2.26. The molecule has 4 heterocycles. The molecule has 1 aromatic heterocycles. The fourth-order valence-electron chi connectivity index (χ4n) is 4.33. The fraction of sp³-hybridized carbons (Fsp3) is 0.667. The van der Waals surface area contributed by atoms with Crippen molar-refractivity contribution in [3.63, 3.8) is 0 Å². The Morgan fingerprint density at radius 3 is 3.04 bits per heavy atom. The van der Waals surface area contributed by atoms with Crippen LogP contribution < -0.4 is 0 Å². The van der Waals surface area contributed by atoms with E-state index in [-0.39, 0.29) is 17.9 Å². The number of ether oxygens (including phenoxy) is 2. The maximum absolute atomic E-state index is 13.1. The van der Waals surface area contributed by atoms with Crippen molar-refractivity contribution in [3.8, 4) is 0 Å². The smallest absolute Gasteiger partial charge is 0.230 e. The van der Waals surface area contributed by atoms with Crippen molar-refractivity contribution in [2.24, 2.45) is 11.8 Å². The second-order valence-electron chi connectivity index (χ2n) is 7.39. The topological polar surface area (TPSA) is 98.0 Å². The van der Waals surface area contributed by atoms with Crippen LogP contribution in [0.1, 0.15) is 11.7 Å². The molecule has 27 heavy (non-hydrogen) atoms. The molecule has 9 nitrogen and oxygen atoms in total. The van der Waals surface area contributed by atoms with E-state index in [4.69, 9.17) is 14.0 Å². The summed E-state index contributed by atoms with van der Waals surface area (Å²) in [5.41, 5.74) is -0.679. The van der Waals surface area contributed by atoms with Gasteiger partial charge in [0.05, 0.1) is 31.1 Å². The Balaban J connectivity index is 1.46. The molecule has 1 aromatic rings. The SMILES string of the molecule is COCCN1C[C@]23C=C[C@H](O2)[C@H](C(=O)N(C)CCc2noc(C)n2)[C@H]3C1=O. The summed E-state index contributed by atoms with van der Waals surface area (Å²) in [4.78, 5) is 33.6. The number of fused-ring (bicyclic) bond motifs is 1. The highest BCUT2D eigenvalue weighted by atomic mass is 16.5. The fourth-order valence-corrected chi connectivity index (χ4v) is 4.33. The zero-order valence-electron chi connectivity index (χ0n) is 15.8. The van der Waals surface area contributed by atoms with Gasteiger partial charge in [-0.25, -0.2) is 0 Å². The normalized spacial score (nSPS) is 31.0. The molecule has 0 unspecified atom stereocenters. The van der Waals surface area contributed by atoms with Crippen molar-refractivity contribution in [2.75, 3.05) is 40.4 Å². The van der Waals surface area contributed by atoms with Gasteiger partial charge in [-0.1, -0.05) is 17.3 Å². The van der Waals surface area contributed by atoms with Gasteiger partial charge >= 0.3 is 0 Å². The minimum Gasteiger partial charge on any atom is -0.383 e. The summed E-state index contributed by atoms with van der Waals surface area (Å²) in [6.07, 6.45) is 4.03. The summed E-state index contributed by atoms with van der Waals surface area (Å²) in [5, 5.41) is 3.85. The first kappa shape index (κ1) is 18.1. The van der Waals surface area contributed by atoms with E-state index in [1.165, 1.54) is 0 Å². The van der Waals surface area contributed by atoms with Crippen LogP contribution in [0.2, 0.25) is 0 Å². The summed E-state index contributed by atoms with van der Waals surface area (Å²) in [7, 11) is 3.34. The molecule has 9 heteroatoms. The second kappa shape index (κ2) is 6.72. The number of nitrogens with zero attached hydrogens (tertiary/aromatic N) is 4. The van der Waals surface area contributed by atoms with Gasteiger partial charge in [0.15, 0.2) is 5.82 Å². The minimum absolute atomic E-state index is 0.0283. The number of hydrogen-bond acceptors (Lipinski definition) is 7. The van der Waals surface area contributed by atoms with Crippen LogP contribution in [0.4, 0.5) is 0 Å². The lowest BCUT2D eigenvalue weighted by atomic mass is 9.76. The van der Waals surface area contributed by atoms with Crippen molar-refractivity contribution in [1.29, 1.82) is 0 Å². The van der Waals surface area contributed by atoms with Crippen molar-refractivity contribution in [1.82, 2.24) is 19.9 Å². The molecule has 0 N–H and O–H groups in total. The first-order valence-electron chi connectivity index (χ1n) is 9.14. The first-order valence-corrected chi connectivity index (χ1v) is 9.14. The summed E-state index contributed by atoms with van der Waals surface area (Å²) in [6, 6.07) is 0. The molecule has 2 fully saturated rings. The standard InChI is InChI=1S/C18H24N4O5/c1-11-19-13(20-27-11)5-7-21(2)16(23)14-12-4-6-18(26-12)10-22(8-9-25-3)17(24)15(14)18/h4,6,12,14-15H,5,7-10H2,1-3H3/t12-,14-,15-,18-/m0/s1. The van der Waals surface area contributed by atoms with Crippen LogP contribution in [-0.2, 0) is 25.5 Å². The molecular formula is C18H24N4O5. The predicted molar refractivity (Wildman–Crippen MR) is 92.6 cm³/mol. The highest BCUT2D eigenvalue weighted by molar-refractivity contribution is 5.93. The summed E-state index contributed by atoms with van der Waals surface area (Å²) >= 11 is 0. The van der Waals surface area contributed by atoms with E-state index >= 15 is 0 Å². The van der Waals surface area contributed by atoms with Crippen molar-refractivity contribution >= 4 is 11.8 Å². The van der Waals surface area contributed by atoms with Crippen LogP contribution in [-0.4, -0.2) is 83.9 Å². The van der Waals surface area contributed by atoms with E-state index in [2.05, 4.69) is 10.1 Å². The number of carbonyl (C=O) groups excluding carboxylic acids is 2. The highest BCUT2D eigenvalue weighted by Gasteiger charge is 2.66. The zero-order chi connectivity index (χ0) is 19.2. The van der Waals surface area contributed by atoms with Crippen LogP contribution in [0.5, 0.6) is 0 Å². The summed E-state index contributed by atoms with van der Waals surface area (Å²) in [5.74, 6) is -0.00717. The largest absolute Gasteiger partial charge is 0.383 e. The molecule has 2 bridgehead atoms. The lowest BCUT2D eigenvalue weighted by Crippen LogP contribution is -2.45. The Morgan fingerprint density at radius 2 is 2.33 bits per heavy atom. The minimum atomic E-state index is -0.679. The molecule has 0 radical (unpaired) electrons. The maximum Gasteiger partial charge on any atom is 0.230 e. The number of amides is 2. The number of aromatic nitrogens is 2. The lowest BCUT2D eigenvalue weighted by molar-refractivity contribution is -0.142. The number of likely N-dealkylation sites (N-methyl/N-ethyl adjacent to an activating group) is 1.